The number of anilines is 1. The number of ether oxygens (including phenoxy) is 1. The second kappa shape index (κ2) is 11.0. The van der Waals surface area contributed by atoms with Crippen molar-refractivity contribution in [2.24, 2.45) is 12.8 Å². The van der Waals surface area contributed by atoms with E-state index in [1.54, 1.807) is 18.5 Å². The monoisotopic (exact) mass is 574 g/mol. The fourth-order valence-corrected chi connectivity index (χ4v) is 4.23. The fraction of sp³-hybridized carbons (Fsp3) is 0.259. The topological polar surface area (TPSA) is 158 Å². The Morgan fingerprint density at radius 2 is 1.78 bits per heavy atom. The maximum Gasteiger partial charge on any atom is 0.424 e. The van der Waals surface area contributed by atoms with E-state index in [2.05, 4.69) is 15.3 Å². The van der Waals surface area contributed by atoms with E-state index in [0.29, 0.717) is 11.0 Å². The summed E-state index contributed by atoms with van der Waals surface area (Å²) in [5, 5.41) is 13.2. The number of imidazole rings is 1. The van der Waals surface area contributed by atoms with Gasteiger partial charge in [-0.05, 0) is 55.5 Å². The Kier molecular flexibility index (Phi) is 7.88. The van der Waals surface area contributed by atoms with Gasteiger partial charge in [-0.15, -0.1) is 0 Å². The number of aromatic nitrogens is 3. The summed E-state index contributed by atoms with van der Waals surface area (Å²) in [6, 6.07) is 9.75. The summed E-state index contributed by atoms with van der Waals surface area (Å²) >= 11 is 0. The SMILES string of the molecule is CCOc1c(CC(N)=O)cc([C@@](O)(CNC(=O)c2ccc3c(c2)nc(N)n3C)C(F)(F)F)nc1-c1ccc(F)cc1. The van der Waals surface area contributed by atoms with Gasteiger partial charge in [-0.25, -0.2) is 14.4 Å². The van der Waals surface area contributed by atoms with Crippen LogP contribution in [0.15, 0.2) is 48.5 Å². The molecule has 0 saturated heterocycles. The molecule has 2 aromatic carbocycles. The summed E-state index contributed by atoms with van der Waals surface area (Å²) in [4.78, 5) is 32.8. The summed E-state index contributed by atoms with van der Waals surface area (Å²) in [7, 11) is 1.66. The van der Waals surface area contributed by atoms with Crippen LogP contribution in [0.3, 0.4) is 0 Å². The molecule has 0 radical (unpaired) electrons. The molecule has 216 valence electrons. The number of rotatable bonds is 9. The number of nitrogens with one attached hydrogen (secondary N) is 1. The van der Waals surface area contributed by atoms with Crippen LogP contribution < -0.4 is 21.5 Å². The number of carbonyl (C=O) groups excluding carboxylic acids is 2. The van der Waals surface area contributed by atoms with Crippen molar-refractivity contribution >= 4 is 28.8 Å². The lowest BCUT2D eigenvalue weighted by molar-refractivity contribution is -0.265. The van der Waals surface area contributed by atoms with Crippen LogP contribution in [0.25, 0.3) is 22.3 Å². The van der Waals surface area contributed by atoms with Gasteiger partial charge >= 0.3 is 6.18 Å². The number of hydrogen-bond acceptors (Lipinski definition) is 7. The van der Waals surface area contributed by atoms with Gasteiger partial charge in [0.15, 0.2) is 0 Å². The first kappa shape index (κ1) is 29.3. The molecule has 0 unspecified atom stereocenters. The molecule has 4 aromatic rings. The van der Waals surface area contributed by atoms with E-state index >= 15 is 0 Å². The number of nitrogens with two attached hydrogens (primary N) is 2. The molecular formula is C27H26F4N6O4. The van der Waals surface area contributed by atoms with Crippen LogP contribution in [0.4, 0.5) is 23.5 Å². The van der Waals surface area contributed by atoms with Crippen LogP contribution in [-0.2, 0) is 23.9 Å². The molecule has 0 saturated carbocycles. The highest BCUT2D eigenvalue weighted by atomic mass is 19.4. The maximum absolute atomic E-state index is 14.5. The van der Waals surface area contributed by atoms with E-state index in [1.807, 2.05) is 0 Å². The zero-order valence-corrected chi connectivity index (χ0v) is 21.9. The minimum atomic E-state index is -5.34. The summed E-state index contributed by atoms with van der Waals surface area (Å²) < 4.78 is 64.2. The third-order valence-corrected chi connectivity index (χ3v) is 6.40. The zero-order chi connectivity index (χ0) is 30.1. The number of pyridine rings is 1. The van der Waals surface area contributed by atoms with Crippen LogP contribution in [0.2, 0.25) is 0 Å². The third-order valence-electron chi connectivity index (χ3n) is 6.40. The normalized spacial score (nSPS) is 13.1. The standard InChI is InChI=1S/C27H26F4N6O4/c1-3-41-23-16(12-21(32)38)11-20(36-22(23)14-4-7-17(28)8-5-14)26(40,27(29,30)31)13-34-24(39)15-6-9-19-18(10-15)35-25(33)37(19)2/h4-11,40H,3,12-13H2,1-2H3,(H2,32,38)(H2,33,35)(H,34,39)/t26-/m0/s1. The van der Waals surface area contributed by atoms with E-state index in [4.69, 9.17) is 16.2 Å². The number of benzene rings is 2. The van der Waals surface area contributed by atoms with E-state index in [-0.39, 0.29) is 40.7 Å². The molecule has 41 heavy (non-hydrogen) atoms. The van der Waals surface area contributed by atoms with Gasteiger partial charge in [0.25, 0.3) is 5.91 Å². The second-order valence-electron chi connectivity index (χ2n) is 9.20. The summed E-state index contributed by atoms with van der Waals surface area (Å²) in [6.45, 7) is 0.319. The van der Waals surface area contributed by atoms with Gasteiger partial charge in [-0.1, -0.05) is 0 Å². The minimum absolute atomic E-state index is 0.0267. The number of fused-ring (bicyclic) bond motifs is 1. The molecule has 1 atom stereocenters. The zero-order valence-electron chi connectivity index (χ0n) is 21.9. The molecule has 0 aliphatic carbocycles. The minimum Gasteiger partial charge on any atom is -0.491 e. The molecule has 2 aromatic heterocycles. The number of primary amides is 1. The number of nitrogen functional groups attached to an aromatic ring is 1. The van der Waals surface area contributed by atoms with Crippen molar-refractivity contribution in [1.29, 1.82) is 0 Å². The first-order valence-electron chi connectivity index (χ1n) is 12.3. The lowest BCUT2D eigenvalue weighted by Crippen LogP contribution is -2.51. The van der Waals surface area contributed by atoms with Gasteiger partial charge in [0.1, 0.15) is 17.3 Å². The molecule has 0 aliphatic rings. The Labute approximate surface area is 230 Å². The Morgan fingerprint density at radius 3 is 2.39 bits per heavy atom. The number of aryl methyl sites for hydroxylation is 1. The summed E-state index contributed by atoms with van der Waals surface area (Å²) in [5.74, 6) is -2.31. The van der Waals surface area contributed by atoms with Gasteiger partial charge in [0.05, 0.1) is 36.3 Å². The molecule has 14 heteroatoms. The van der Waals surface area contributed by atoms with Crippen molar-refractivity contribution in [3.63, 3.8) is 0 Å². The number of halogens is 4. The Morgan fingerprint density at radius 1 is 1.10 bits per heavy atom. The van der Waals surface area contributed by atoms with Crippen molar-refractivity contribution in [3.8, 4) is 17.0 Å². The molecule has 0 bridgehead atoms. The van der Waals surface area contributed by atoms with Crippen molar-refractivity contribution in [2.45, 2.75) is 25.1 Å². The van der Waals surface area contributed by atoms with E-state index in [9.17, 15) is 32.3 Å². The van der Waals surface area contributed by atoms with Crippen molar-refractivity contribution in [1.82, 2.24) is 19.9 Å². The number of carbonyl (C=O) groups is 2. The molecular weight excluding hydrogens is 548 g/mol. The van der Waals surface area contributed by atoms with Gasteiger partial charge in [-0.2, -0.15) is 13.2 Å². The molecule has 0 fully saturated rings. The predicted molar refractivity (Wildman–Crippen MR) is 141 cm³/mol. The van der Waals surface area contributed by atoms with Gasteiger partial charge in [0, 0.05) is 23.7 Å². The fourth-order valence-electron chi connectivity index (χ4n) is 4.23. The van der Waals surface area contributed by atoms with E-state index in [1.165, 1.54) is 30.3 Å². The highest BCUT2D eigenvalue weighted by molar-refractivity contribution is 5.97. The molecule has 0 spiro atoms. The van der Waals surface area contributed by atoms with Crippen LogP contribution in [-0.4, -0.2) is 50.8 Å². The number of amides is 2. The second-order valence-corrected chi connectivity index (χ2v) is 9.20. The smallest absolute Gasteiger partial charge is 0.424 e. The first-order valence-corrected chi connectivity index (χ1v) is 12.3. The van der Waals surface area contributed by atoms with Crippen molar-refractivity contribution < 1.29 is 37.0 Å². The van der Waals surface area contributed by atoms with Crippen LogP contribution in [0.1, 0.15) is 28.5 Å². The van der Waals surface area contributed by atoms with Crippen molar-refractivity contribution in [3.05, 3.63) is 71.2 Å². The molecule has 6 N–H and O–H groups in total. The van der Waals surface area contributed by atoms with Crippen LogP contribution in [0, 0.1) is 5.82 Å². The Balaban J connectivity index is 1.78. The first-order chi connectivity index (χ1) is 19.2. The van der Waals surface area contributed by atoms with Crippen LogP contribution >= 0.6 is 0 Å². The van der Waals surface area contributed by atoms with Gasteiger partial charge in [-0.3, -0.25) is 9.59 Å². The van der Waals surface area contributed by atoms with Gasteiger partial charge in [0.2, 0.25) is 17.5 Å². The third kappa shape index (κ3) is 5.77. The molecule has 10 nitrogen and oxygen atoms in total. The largest absolute Gasteiger partial charge is 0.491 e. The Hall–Kier alpha value is -4.72. The van der Waals surface area contributed by atoms with E-state index in [0.717, 1.165) is 18.2 Å². The summed E-state index contributed by atoms with van der Waals surface area (Å²) in [6.07, 6.45) is -5.89. The average molecular weight is 575 g/mol. The number of nitrogens with zero attached hydrogens (tertiary/aromatic N) is 3. The average Bonchev–Trinajstić information content (AvgIpc) is 3.19. The van der Waals surface area contributed by atoms with Crippen molar-refractivity contribution in [2.75, 3.05) is 18.9 Å². The lowest BCUT2D eigenvalue weighted by Gasteiger charge is -2.31. The maximum atomic E-state index is 14.5. The predicted octanol–water partition coefficient (Wildman–Crippen LogP) is 2.96. The Bertz CT molecular complexity index is 1620. The molecule has 4 rings (SSSR count). The number of aliphatic hydroxyl groups is 1. The molecule has 0 aliphatic heterocycles. The quantitative estimate of drug-likeness (QED) is 0.224. The number of alkyl halides is 3. The summed E-state index contributed by atoms with van der Waals surface area (Å²) in [5.41, 5.74) is 7.25. The van der Waals surface area contributed by atoms with Crippen LogP contribution in [0.5, 0.6) is 5.75 Å². The lowest BCUT2D eigenvalue weighted by atomic mass is 9.93. The highest BCUT2D eigenvalue weighted by Gasteiger charge is 2.56. The number of hydrogen-bond donors (Lipinski definition) is 4. The highest BCUT2D eigenvalue weighted by Crippen LogP contribution is 2.42. The van der Waals surface area contributed by atoms with Gasteiger partial charge < -0.3 is 31.2 Å². The molecule has 2 heterocycles. The van der Waals surface area contributed by atoms with E-state index < -0.39 is 48.1 Å². The molecule has 2 amide bonds.